The molecule has 1 fully saturated rings. The Morgan fingerprint density at radius 1 is 1.24 bits per heavy atom. The van der Waals surface area contributed by atoms with Crippen molar-refractivity contribution >= 4 is 11.8 Å². The molecule has 1 aromatic heterocycles. The lowest BCUT2D eigenvalue weighted by Crippen LogP contribution is -2.40. The van der Waals surface area contributed by atoms with Crippen molar-refractivity contribution < 1.29 is 14.7 Å². The maximum atomic E-state index is 12.2. The van der Waals surface area contributed by atoms with Gasteiger partial charge in [-0.3, -0.25) is 14.4 Å². The van der Waals surface area contributed by atoms with E-state index in [0.29, 0.717) is 13.1 Å². The highest BCUT2D eigenvalue weighted by atomic mass is 16.3. The van der Waals surface area contributed by atoms with Gasteiger partial charge in [-0.15, -0.1) is 0 Å². The Morgan fingerprint density at radius 2 is 1.90 bits per heavy atom. The van der Waals surface area contributed by atoms with Gasteiger partial charge < -0.3 is 19.5 Å². The Bertz CT molecular complexity index is 584. The number of aliphatic hydroxyl groups excluding tert-OH is 1. The molecule has 0 aromatic carbocycles. The van der Waals surface area contributed by atoms with Gasteiger partial charge in [-0.05, 0) is 6.07 Å². The van der Waals surface area contributed by atoms with Gasteiger partial charge in [0.15, 0.2) is 0 Å². The van der Waals surface area contributed by atoms with Crippen molar-refractivity contribution in [1.82, 2.24) is 14.4 Å². The van der Waals surface area contributed by atoms with E-state index in [2.05, 4.69) is 0 Å². The lowest BCUT2D eigenvalue weighted by molar-refractivity contribution is -0.133. The quantitative estimate of drug-likeness (QED) is 0.750. The van der Waals surface area contributed by atoms with Gasteiger partial charge in [0.2, 0.25) is 11.8 Å². The number of pyridine rings is 1. The van der Waals surface area contributed by atoms with Gasteiger partial charge in [0.25, 0.3) is 5.56 Å². The molecular weight excluding hydrogens is 274 g/mol. The SMILES string of the molecule is CC(=O)N1CCN(C(=O)Cn2ccccc2=O)CC(O)C1. The second-order valence-corrected chi connectivity index (χ2v) is 5.13. The normalized spacial score (nSPS) is 19.2. The fourth-order valence-corrected chi connectivity index (χ4v) is 2.34. The first kappa shape index (κ1) is 15.2. The number of aromatic nitrogens is 1. The monoisotopic (exact) mass is 293 g/mol. The summed E-state index contributed by atoms with van der Waals surface area (Å²) in [4.78, 5) is 38.2. The van der Waals surface area contributed by atoms with Crippen molar-refractivity contribution in [2.24, 2.45) is 0 Å². The molecule has 0 saturated carbocycles. The van der Waals surface area contributed by atoms with Crippen LogP contribution in [0.25, 0.3) is 0 Å². The highest BCUT2D eigenvalue weighted by Crippen LogP contribution is 2.05. The second-order valence-electron chi connectivity index (χ2n) is 5.13. The van der Waals surface area contributed by atoms with E-state index in [4.69, 9.17) is 0 Å². The molecule has 2 amide bonds. The number of β-amino-alcohol motifs (C(OH)–C–C–N with tert-alkyl or cyclic N) is 1. The van der Waals surface area contributed by atoms with Crippen LogP contribution in [0.1, 0.15) is 6.92 Å². The van der Waals surface area contributed by atoms with Crippen molar-refractivity contribution in [3.63, 3.8) is 0 Å². The molecule has 2 rings (SSSR count). The molecule has 1 saturated heterocycles. The van der Waals surface area contributed by atoms with Crippen molar-refractivity contribution in [2.45, 2.75) is 19.6 Å². The number of carbonyl (C=O) groups is 2. The van der Waals surface area contributed by atoms with Gasteiger partial charge >= 0.3 is 0 Å². The van der Waals surface area contributed by atoms with Crippen LogP contribution >= 0.6 is 0 Å². The summed E-state index contributed by atoms with van der Waals surface area (Å²) in [6.07, 6.45) is 0.781. The van der Waals surface area contributed by atoms with Crippen LogP contribution in [0, 0.1) is 0 Å². The Labute approximate surface area is 122 Å². The first-order valence-corrected chi connectivity index (χ1v) is 6.84. The van der Waals surface area contributed by atoms with E-state index >= 15 is 0 Å². The molecule has 1 atom stereocenters. The van der Waals surface area contributed by atoms with Crippen LogP contribution in [0.15, 0.2) is 29.2 Å². The average Bonchev–Trinajstić information content (AvgIpc) is 2.63. The lowest BCUT2D eigenvalue weighted by Gasteiger charge is -2.22. The summed E-state index contributed by atoms with van der Waals surface area (Å²) in [5.41, 5.74) is -0.244. The minimum absolute atomic E-state index is 0.0630. The smallest absolute Gasteiger partial charge is 0.250 e. The van der Waals surface area contributed by atoms with Crippen molar-refractivity contribution in [3.8, 4) is 0 Å². The maximum Gasteiger partial charge on any atom is 0.250 e. The van der Waals surface area contributed by atoms with E-state index in [-0.39, 0.29) is 37.0 Å². The zero-order chi connectivity index (χ0) is 15.4. The summed E-state index contributed by atoms with van der Waals surface area (Å²) >= 11 is 0. The average molecular weight is 293 g/mol. The number of aliphatic hydroxyl groups is 1. The molecule has 114 valence electrons. The number of hydrogen-bond donors (Lipinski definition) is 1. The van der Waals surface area contributed by atoms with E-state index in [1.165, 1.54) is 27.4 Å². The Balaban J connectivity index is 2.04. The summed E-state index contributed by atoms with van der Waals surface area (Å²) in [5, 5.41) is 9.89. The highest BCUT2D eigenvalue weighted by molar-refractivity contribution is 5.76. The van der Waals surface area contributed by atoms with E-state index in [1.54, 1.807) is 18.3 Å². The van der Waals surface area contributed by atoms with Crippen LogP contribution in [0.5, 0.6) is 0 Å². The van der Waals surface area contributed by atoms with Crippen molar-refractivity contribution in [3.05, 3.63) is 34.7 Å². The number of rotatable bonds is 2. The number of carbonyl (C=O) groups excluding carboxylic acids is 2. The van der Waals surface area contributed by atoms with E-state index in [9.17, 15) is 19.5 Å². The largest absolute Gasteiger partial charge is 0.389 e. The Hall–Kier alpha value is -2.15. The third-order valence-electron chi connectivity index (χ3n) is 3.50. The molecule has 1 aromatic rings. The maximum absolute atomic E-state index is 12.2. The Kier molecular flexibility index (Phi) is 4.74. The van der Waals surface area contributed by atoms with Crippen LogP contribution in [0.3, 0.4) is 0 Å². The lowest BCUT2D eigenvalue weighted by atomic mass is 10.3. The predicted molar refractivity (Wildman–Crippen MR) is 75.5 cm³/mol. The topological polar surface area (TPSA) is 82.9 Å². The van der Waals surface area contributed by atoms with Crippen LogP contribution in [0.2, 0.25) is 0 Å². The summed E-state index contributed by atoms with van der Waals surface area (Å²) in [7, 11) is 0. The molecule has 0 aliphatic carbocycles. The van der Waals surface area contributed by atoms with Gasteiger partial charge in [0.1, 0.15) is 6.54 Å². The van der Waals surface area contributed by atoms with Gasteiger partial charge in [-0.2, -0.15) is 0 Å². The summed E-state index contributed by atoms with van der Waals surface area (Å²) in [5.74, 6) is -0.365. The third kappa shape index (κ3) is 3.91. The molecule has 21 heavy (non-hydrogen) atoms. The van der Waals surface area contributed by atoms with Gasteiger partial charge in [-0.25, -0.2) is 0 Å². The molecule has 7 heteroatoms. The number of amides is 2. The van der Waals surface area contributed by atoms with Crippen LogP contribution in [-0.4, -0.2) is 63.6 Å². The van der Waals surface area contributed by atoms with E-state index in [1.807, 2.05) is 0 Å². The van der Waals surface area contributed by atoms with Gasteiger partial charge in [0.05, 0.1) is 6.10 Å². The summed E-state index contributed by atoms with van der Waals surface area (Å²) < 4.78 is 1.32. The Morgan fingerprint density at radius 3 is 2.57 bits per heavy atom. The van der Waals surface area contributed by atoms with Crippen LogP contribution in [0.4, 0.5) is 0 Å². The standard InChI is InChI=1S/C14H19N3O4/c1-11(18)15-6-7-17(9-12(19)8-15)14(21)10-16-5-3-2-4-13(16)20/h2-5,12,19H,6-10H2,1H3. The molecule has 0 bridgehead atoms. The fraction of sp³-hybridized carbons (Fsp3) is 0.500. The van der Waals surface area contributed by atoms with Gasteiger partial charge in [0, 0.05) is 45.4 Å². The molecule has 0 radical (unpaired) electrons. The minimum Gasteiger partial charge on any atom is -0.389 e. The first-order valence-electron chi connectivity index (χ1n) is 6.84. The van der Waals surface area contributed by atoms with E-state index in [0.717, 1.165) is 0 Å². The summed E-state index contributed by atoms with van der Waals surface area (Å²) in [6.45, 7) is 2.52. The zero-order valence-corrected chi connectivity index (χ0v) is 11.9. The number of nitrogens with zero attached hydrogens (tertiary/aromatic N) is 3. The molecule has 1 aliphatic heterocycles. The van der Waals surface area contributed by atoms with Crippen molar-refractivity contribution in [1.29, 1.82) is 0 Å². The molecule has 1 unspecified atom stereocenters. The van der Waals surface area contributed by atoms with E-state index < -0.39 is 6.10 Å². The minimum atomic E-state index is -0.771. The second kappa shape index (κ2) is 6.53. The van der Waals surface area contributed by atoms with Crippen molar-refractivity contribution in [2.75, 3.05) is 26.2 Å². The highest BCUT2D eigenvalue weighted by Gasteiger charge is 2.25. The molecular formula is C14H19N3O4. The molecule has 0 spiro atoms. The third-order valence-corrected chi connectivity index (χ3v) is 3.50. The zero-order valence-electron chi connectivity index (χ0n) is 11.9. The van der Waals surface area contributed by atoms with Gasteiger partial charge in [-0.1, -0.05) is 6.07 Å². The molecule has 1 aliphatic rings. The molecule has 7 nitrogen and oxygen atoms in total. The summed E-state index contributed by atoms with van der Waals surface area (Å²) in [6, 6.07) is 4.69. The first-order chi connectivity index (χ1) is 9.97. The van der Waals surface area contributed by atoms with Crippen LogP contribution in [-0.2, 0) is 16.1 Å². The van der Waals surface area contributed by atoms with Crippen LogP contribution < -0.4 is 5.56 Å². The fourth-order valence-electron chi connectivity index (χ4n) is 2.34. The molecule has 1 N–H and O–H groups in total. The number of hydrogen-bond acceptors (Lipinski definition) is 4. The predicted octanol–water partition coefficient (Wildman–Crippen LogP) is -1.10. The molecule has 2 heterocycles.